The Hall–Kier alpha value is -0.420. The molecule has 30 heavy (non-hydrogen) atoms. The number of hydrogen-bond acceptors (Lipinski definition) is 4. The zero-order valence-electron chi connectivity index (χ0n) is 18.9. The van der Waals surface area contributed by atoms with Crippen molar-refractivity contribution in [2.75, 3.05) is 6.61 Å². The lowest BCUT2D eigenvalue weighted by molar-refractivity contribution is -0.272. The van der Waals surface area contributed by atoms with Crippen molar-refractivity contribution in [3.8, 4) is 0 Å². The predicted octanol–water partition coefficient (Wildman–Crippen LogP) is 4.29. The third-order valence-electron chi connectivity index (χ3n) is 10.7. The van der Waals surface area contributed by atoms with Crippen molar-refractivity contribution >= 4 is 0 Å². The van der Waals surface area contributed by atoms with E-state index in [1.54, 1.807) is 0 Å². The van der Waals surface area contributed by atoms with Crippen molar-refractivity contribution in [3.05, 3.63) is 11.6 Å². The van der Waals surface area contributed by atoms with Gasteiger partial charge in [-0.2, -0.15) is 0 Å². The van der Waals surface area contributed by atoms with Crippen molar-refractivity contribution < 1.29 is 19.7 Å². The van der Waals surface area contributed by atoms with Crippen molar-refractivity contribution in [3.63, 3.8) is 0 Å². The molecule has 0 radical (unpaired) electrons. The molecule has 0 aromatic carbocycles. The van der Waals surface area contributed by atoms with Gasteiger partial charge in [0.1, 0.15) is 0 Å². The van der Waals surface area contributed by atoms with E-state index in [1.165, 1.54) is 31.3 Å². The highest BCUT2D eigenvalue weighted by atomic mass is 16.7. The molecule has 12 atom stereocenters. The highest BCUT2D eigenvalue weighted by Gasteiger charge is 2.68. The van der Waals surface area contributed by atoms with E-state index in [2.05, 4.69) is 26.8 Å². The average Bonchev–Trinajstić information content (AvgIpc) is 3.14. The maximum Gasteiger partial charge on any atom is 0.171 e. The molecule has 2 saturated heterocycles. The topological polar surface area (TPSA) is 58.9 Å². The van der Waals surface area contributed by atoms with Crippen LogP contribution in [0.3, 0.4) is 0 Å². The van der Waals surface area contributed by atoms with Crippen molar-refractivity contribution in [1.29, 1.82) is 0 Å². The number of rotatable bonds is 0. The largest absolute Gasteiger partial charge is 0.393 e. The summed E-state index contributed by atoms with van der Waals surface area (Å²) in [5.41, 5.74) is 1.67. The Bertz CT molecular complexity index is 725. The van der Waals surface area contributed by atoms with Crippen LogP contribution in [0.5, 0.6) is 0 Å². The first-order chi connectivity index (χ1) is 14.3. The number of hydrogen-bond donors (Lipinski definition) is 2. The van der Waals surface area contributed by atoms with E-state index >= 15 is 0 Å². The molecule has 3 saturated carbocycles. The molecule has 2 N–H and O–H groups in total. The summed E-state index contributed by atoms with van der Waals surface area (Å²) < 4.78 is 13.3. The molecule has 0 amide bonds. The number of aliphatic hydroxyl groups is 2. The molecule has 2 heterocycles. The number of allylic oxidation sites excluding steroid dienone is 1. The zero-order chi connectivity index (χ0) is 20.8. The van der Waals surface area contributed by atoms with Crippen LogP contribution < -0.4 is 0 Å². The minimum Gasteiger partial charge on any atom is -0.393 e. The van der Waals surface area contributed by atoms with Crippen molar-refractivity contribution in [2.45, 2.75) is 96.2 Å². The smallest absolute Gasteiger partial charge is 0.171 e. The molecule has 0 aromatic heterocycles. The Balaban J connectivity index is 1.27. The third-order valence-corrected chi connectivity index (χ3v) is 10.7. The Morgan fingerprint density at radius 1 is 1.07 bits per heavy atom. The quantitative estimate of drug-likeness (QED) is 0.578. The number of fused-ring (bicyclic) bond motifs is 7. The van der Waals surface area contributed by atoms with E-state index in [9.17, 15) is 10.2 Å². The summed E-state index contributed by atoms with van der Waals surface area (Å²) >= 11 is 0. The monoisotopic (exact) mass is 416 g/mol. The molecular formula is C26H40O4. The van der Waals surface area contributed by atoms with Gasteiger partial charge in [-0.1, -0.05) is 32.4 Å². The summed E-state index contributed by atoms with van der Waals surface area (Å²) in [7, 11) is 0. The van der Waals surface area contributed by atoms with E-state index < -0.39 is 0 Å². The van der Waals surface area contributed by atoms with Crippen LogP contribution in [0, 0.1) is 46.8 Å². The van der Waals surface area contributed by atoms with Crippen LogP contribution in [0.4, 0.5) is 0 Å². The van der Waals surface area contributed by atoms with Gasteiger partial charge in [0, 0.05) is 24.7 Å². The normalized spacial score (nSPS) is 59.8. The Kier molecular flexibility index (Phi) is 4.57. The summed E-state index contributed by atoms with van der Waals surface area (Å²) in [4.78, 5) is 0. The lowest BCUT2D eigenvalue weighted by Gasteiger charge is -2.55. The first kappa shape index (κ1) is 20.2. The molecule has 6 rings (SSSR count). The maximum atomic E-state index is 10.9. The maximum absolute atomic E-state index is 10.9. The van der Waals surface area contributed by atoms with Crippen LogP contribution in [-0.2, 0) is 9.47 Å². The molecule has 0 bridgehead atoms. The van der Waals surface area contributed by atoms with Crippen LogP contribution in [-0.4, -0.2) is 40.9 Å². The Morgan fingerprint density at radius 2 is 1.90 bits per heavy atom. The van der Waals surface area contributed by atoms with Crippen LogP contribution in [0.1, 0.15) is 72.1 Å². The van der Waals surface area contributed by atoms with Gasteiger partial charge in [-0.3, -0.25) is 0 Å². The van der Waals surface area contributed by atoms with Crippen LogP contribution in [0.2, 0.25) is 0 Å². The molecule has 1 spiro atoms. The standard InChI is InChI=1S/C26H40O4/c1-14-6-9-26(29-13-14)15(2)24-22(30-26)12-20-18-5-4-16-10-17(27)11-21(28)23(16)19(18)7-8-25(20,24)3/h4,14-15,17-24,27-28H,5-13H2,1-3H3. The Morgan fingerprint density at radius 3 is 2.67 bits per heavy atom. The first-order valence-electron chi connectivity index (χ1n) is 12.7. The summed E-state index contributed by atoms with van der Waals surface area (Å²) in [6.45, 7) is 8.10. The summed E-state index contributed by atoms with van der Waals surface area (Å²) in [5, 5.41) is 21.0. The van der Waals surface area contributed by atoms with Crippen LogP contribution in [0.25, 0.3) is 0 Å². The van der Waals surface area contributed by atoms with E-state index in [4.69, 9.17) is 9.47 Å². The fourth-order valence-electron chi connectivity index (χ4n) is 9.35. The van der Waals surface area contributed by atoms with E-state index in [0.29, 0.717) is 53.4 Å². The van der Waals surface area contributed by atoms with Gasteiger partial charge in [0.15, 0.2) is 5.79 Å². The summed E-state index contributed by atoms with van der Waals surface area (Å²) in [5.74, 6) is 3.59. The zero-order valence-corrected chi connectivity index (χ0v) is 18.9. The first-order valence-corrected chi connectivity index (χ1v) is 12.7. The summed E-state index contributed by atoms with van der Waals surface area (Å²) in [6.07, 6.45) is 10.4. The molecule has 5 fully saturated rings. The van der Waals surface area contributed by atoms with Gasteiger partial charge in [0.05, 0.1) is 24.9 Å². The SMILES string of the molecule is CC1CCC2(OC1)OC1CC3C4CC=C5CC(O)CC(O)C5C4CCC3(C)C1C2C. The molecular weight excluding hydrogens is 376 g/mol. The second kappa shape index (κ2) is 6.79. The fourth-order valence-corrected chi connectivity index (χ4v) is 9.35. The van der Waals surface area contributed by atoms with Gasteiger partial charge in [-0.25, -0.2) is 0 Å². The number of ether oxygens (including phenoxy) is 2. The molecule has 6 aliphatic rings. The molecule has 4 nitrogen and oxygen atoms in total. The van der Waals surface area contributed by atoms with Gasteiger partial charge < -0.3 is 19.7 Å². The molecule has 2 aliphatic heterocycles. The van der Waals surface area contributed by atoms with Gasteiger partial charge in [0.2, 0.25) is 0 Å². The van der Waals surface area contributed by atoms with E-state index in [-0.39, 0.29) is 23.9 Å². The highest BCUT2D eigenvalue weighted by Crippen LogP contribution is 2.69. The van der Waals surface area contributed by atoms with Gasteiger partial charge in [-0.05, 0) is 73.5 Å². The lowest BCUT2D eigenvalue weighted by atomic mass is 9.50. The van der Waals surface area contributed by atoms with Crippen LogP contribution in [0.15, 0.2) is 11.6 Å². The minimum absolute atomic E-state index is 0.282. The predicted molar refractivity (Wildman–Crippen MR) is 114 cm³/mol. The molecule has 168 valence electrons. The Labute approximate surface area is 181 Å². The molecule has 12 unspecified atom stereocenters. The van der Waals surface area contributed by atoms with E-state index in [0.717, 1.165) is 25.9 Å². The highest BCUT2D eigenvalue weighted by molar-refractivity contribution is 5.23. The van der Waals surface area contributed by atoms with E-state index in [1.807, 2.05) is 0 Å². The minimum atomic E-state index is -0.367. The van der Waals surface area contributed by atoms with Crippen molar-refractivity contribution in [1.82, 2.24) is 0 Å². The number of aliphatic hydroxyl groups excluding tert-OH is 2. The average molecular weight is 417 g/mol. The second-order valence-electron chi connectivity index (χ2n) is 12.2. The molecule has 4 aliphatic carbocycles. The second-order valence-corrected chi connectivity index (χ2v) is 12.2. The van der Waals surface area contributed by atoms with Gasteiger partial charge >= 0.3 is 0 Å². The van der Waals surface area contributed by atoms with Crippen LogP contribution >= 0.6 is 0 Å². The fraction of sp³-hybridized carbons (Fsp3) is 0.923. The van der Waals surface area contributed by atoms with Gasteiger partial charge in [0.25, 0.3) is 0 Å². The van der Waals surface area contributed by atoms with Gasteiger partial charge in [-0.15, -0.1) is 0 Å². The lowest BCUT2D eigenvalue weighted by Crippen LogP contribution is -2.52. The van der Waals surface area contributed by atoms with Crippen molar-refractivity contribution in [2.24, 2.45) is 46.8 Å². The molecule has 4 heteroatoms. The third kappa shape index (κ3) is 2.66. The molecule has 0 aromatic rings. The summed E-state index contributed by atoms with van der Waals surface area (Å²) in [6, 6.07) is 0.